The lowest BCUT2D eigenvalue weighted by Gasteiger charge is -2.31. The van der Waals surface area contributed by atoms with Crippen molar-refractivity contribution in [1.82, 2.24) is 4.90 Å². The van der Waals surface area contributed by atoms with E-state index in [0.29, 0.717) is 17.0 Å². The van der Waals surface area contributed by atoms with Gasteiger partial charge in [0.15, 0.2) is 5.78 Å². The molecular weight excluding hydrogens is 323 g/mol. The van der Waals surface area contributed by atoms with Crippen LogP contribution in [0.2, 0.25) is 0 Å². The number of methoxy groups -OCH3 is 1. The molecule has 1 atom stereocenters. The first kappa shape index (κ1) is 16.7. The standard InChI is InChI=1S/C19H17FN2O3/c1-25-18-5-3-2-4-16(18)21-19(24)22-11-10-15(23)12-17(22)13-6-8-14(20)9-7-13/h2-11,17H,12H2,1H3,(H,21,24). The van der Waals surface area contributed by atoms with Crippen LogP contribution < -0.4 is 10.1 Å². The molecule has 1 aliphatic heterocycles. The fourth-order valence-corrected chi connectivity index (χ4v) is 2.72. The molecule has 0 saturated heterocycles. The zero-order valence-electron chi connectivity index (χ0n) is 13.6. The quantitative estimate of drug-likeness (QED) is 0.922. The first-order chi connectivity index (χ1) is 12.1. The van der Waals surface area contributed by atoms with Crippen molar-refractivity contribution in [2.24, 2.45) is 0 Å². The van der Waals surface area contributed by atoms with Crippen molar-refractivity contribution < 1.29 is 18.7 Å². The monoisotopic (exact) mass is 340 g/mol. The Morgan fingerprint density at radius 1 is 1.20 bits per heavy atom. The van der Waals surface area contributed by atoms with E-state index >= 15 is 0 Å². The first-order valence-corrected chi connectivity index (χ1v) is 7.77. The lowest BCUT2D eigenvalue weighted by molar-refractivity contribution is -0.116. The molecule has 3 rings (SSSR count). The van der Waals surface area contributed by atoms with E-state index in [0.717, 1.165) is 0 Å². The normalized spacial score (nSPS) is 16.6. The number of ether oxygens (including phenoxy) is 1. The highest BCUT2D eigenvalue weighted by molar-refractivity contribution is 5.96. The molecule has 0 fully saturated rings. The molecule has 2 amide bonds. The second-order valence-electron chi connectivity index (χ2n) is 5.59. The molecule has 1 aliphatic rings. The molecule has 0 bridgehead atoms. The number of nitrogens with zero attached hydrogens (tertiary/aromatic N) is 1. The number of halogens is 1. The van der Waals surface area contributed by atoms with Crippen LogP contribution in [-0.4, -0.2) is 23.8 Å². The van der Waals surface area contributed by atoms with Gasteiger partial charge in [0.05, 0.1) is 18.8 Å². The van der Waals surface area contributed by atoms with Crippen LogP contribution >= 0.6 is 0 Å². The summed E-state index contributed by atoms with van der Waals surface area (Å²) in [5.41, 5.74) is 1.22. The van der Waals surface area contributed by atoms with Crippen molar-refractivity contribution >= 4 is 17.5 Å². The summed E-state index contributed by atoms with van der Waals surface area (Å²) < 4.78 is 18.4. The number of nitrogens with one attached hydrogen (secondary N) is 1. The van der Waals surface area contributed by atoms with Gasteiger partial charge in [0, 0.05) is 12.6 Å². The van der Waals surface area contributed by atoms with Gasteiger partial charge in [-0.15, -0.1) is 0 Å². The van der Waals surface area contributed by atoms with Crippen LogP contribution in [0.4, 0.5) is 14.9 Å². The third-order valence-electron chi connectivity index (χ3n) is 3.99. The molecule has 1 heterocycles. The lowest BCUT2D eigenvalue weighted by atomic mass is 9.97. The molecule has 1 N–H and O–H groups in total. The summed E-state index contributed by atoms with van der Waals surface area (Å²) in [5, 5.41) is 2.78. The average Bonchev–Trinajstić information content (AvgIpc) is 2.62. The van der Waals surface area contributed by atoms with Gasteiger partial charge in [0.1, 0.15) is 11.6 Å². The number of urea groups is 1. The van der Waals surface area contributed by atoms with Crippen molar-refractivity contribution in [2.75, 3.05) is 12.4 Å². The predicted molar refractivity (Wildman–Crippen MR) is 91.8 cm³/mol. The van der Waals surface area contributed by atoms with E-state index in [9.17, 15) is 14.0 Å². The topological polar surface area (TPSA) is 58.6 Å². The molecule has 1 unspecified atom stereocenters. The Hall–Kier alpha value is -3.15. The summed E-state index contributed by atoms with van der Waals surface area (Å²) in [7, 11) is 1.52. The van der Waals surface area contributed by atoms with Crippen LogP contribution in [0.25, 0.3) is 0 Å². The summed E-state index contributed by atoms with van der Waals surface area (Å²) in [6.07, 6.45) is 2.95. The van der Waals surface area contributed by atoms with E-state index in [-0.39, 0.29) is 18.0 Å². The van der Waals surface area contributed by atoms with Gasteiger partial charge < -0.3 is 10.1 Å². The molecule has 25 heavy (non-hydrogen) atoms. The van der Waals surface area contributed by atoms with Crippen molar-refractivity contribution in [2.45, 2.75) is 12.5 Å². The molecule has 2 aromatic carbocycles. The maximum atomic E-state index is 13.2. The second kappa shape index (κ2) is 7.17. The minimum atomic E-state index is -0.493. The maximum absolute atomic E-state index is 13.2. The third-order valence-corrected chi connectivity index (χ3v) is 3.99. The van der Waals surface area contributed by atoms with Gasteiger partial charge in [-0.1, -0.05) is 24.3 Å². The molecule has 5 nitrogen and oxygen atoms in total. The van der Waals surface area contributed by atoms with Gasteiger partial charge in [-0.3, -0.25) is 9.69 Å². The van der Waals surface area contributed by atoms with Gasteiger partial charge in [0.25, 0.3) is 0 Å². The number of carbonyl (C=O) groups is 2. The van der Waals surface area contributed by atoms with Crippen molar-refractivity contribution in [3.8, 4) is 5.75 Å². The highest BCUT2D eigenvalue weighted by Gasteiger charge is 2.29. The van der Waals surface area contributed by atoms with Gasteiger partial charge >= 0.3 is 6.03 Å². The number of amides is 2. The van der Waals surface area contributed by atoms with E-state index in [1.807, 2.05) is 0 Å². The lowest BCUT2D eigenvalue weighted by Crippen LogP contribution is -2.37. The largest absolute Gasteiger partial charge is 0.495 e. The Morgan fingerprint density at radius 3 is 2.64 bits per heavy atom. The van der Waals surface area contributed by atoms with E-state index in [2.05, 4.69) is 5.32 Å². The van der Waals surface area contributed by atoms with Crippen LogP contribution in [-0.2, 0) is 4.79 Å². The SMILES string of the molecule is COc1ccccc1NC(=O)N1C=CC(=O)CC1c1ccc(F)cc1. The molecule has 6 heteroatoms. The molecular formula is C19H17FN2O3. The number of anilines is 1. The fourth-order valence-electron chi connectivity index (χ4n) is 2.72. The van der Waals surface area contributed by atoms with Gasteiger partial charge in [-0.05, 0) is 35.9 Å². The van der Waals surface area contributed by atoms with Crippen molar-refractivity contribution in [1.29, 1.82) is 0 Å². The molecule has 0 saturated carbocycles. The van der Waals surface area contributed by atoms with Gasteiger partial charge in [-0.25, -0.2) is 9.18 Å². The summed E-state index contributed by atoms with van der Waals surface area (Å²) >= 11 is 0. The molecule has 0 spiro atoms. The Kier molecular flexibility index (Phi) is 4.79. The Morgan fingerprint density at radius 2 is 1.92 bits per heavy atom. The molecule has 0 radical (unpaired) electrons. The number of allylic oxidation sites excluding steroid dienone is 1. The van der Waals surface area contributed by atoms with Crippen LogP contribution in [0.1, 0.15) is 18.0 Å². The van der Waals surface area contributed by atoms with Crippen molar-refractivity contribution in [3.05, 3.63) is 72.2 Å². The maximum Gasteiger partial charge on any atom is 0.326 e. The summed E-state index contributed by atoms with van der Waals surface area (Å²) in [6, 6.07) is 11.9. The molecule has 128 valence electrons. The number of ketones is 1. The van der Waals surface area contributed by atoms with E-state index in [4.69, 9.17) is 4.74 Å². The Balaban J connectivity index is 1.86. The highest BCUT2D eigenvalue weighted by Crippen LogP contribution is 2.30. The summed E-state index contributed by atoms with van der Waals surface area (Å²) in [6.45, 7) is 0. The third kappa shape index (κ3) is 3.68. The van der Waals surface area contributed by atoms with Crippen LogP contribution in [0.5, 0.6) is 5.75 Å². The average molecular weight is 340 g/mol. The number of para-hydroxylation sites is 2. The number of hydrogen-bond donors (Lipinski definition) is 1. The molecule has 2 aromatic rings. The first-order valence-electron chi connectivity index (χ1n) is 7.77. The van der Waals surface area contributed by atoms with Crippen LogP contribution in [0.15, 0.2) is 60.8 Å². The smallest absolute Gasteiger partial charge is 0.326 e. The summed E-state index contributed by atoms with van der Waals surface area (Å²) in [5.74, 6) is 0.0772. The minimum absolute atomic E-state index is 0.0873. The zero-order chi connectivity index (χ0) is 17.8. The number of hydrogen-bond acceptors (Lipinski definition) is 3. The van der Waals surface area contributed by atoms with E-state index < -0.39 is 12.1 Å². The molecule has 0 aromatic heterocycles. The number of benzene rings is 2. The Labute approximate surface area is 144 Å². The highest BCUT2D eigenvalue weighted by atomic mass is 19.1. The van der Waals surface area contributed by atoms with Crippen LogP contribution in [0.3, 0.4) is 0 Å². The van der Waals surface area contributed by atoms with Crippen molar-refractivity contribution in [3.63, 3.8) is 0 Å². The van der Waals surface area contributed by atoms with Gasteiger partial charge in [0.2, 0.25) is 0 Å². The van der Waals surface area contributed by atoms with E-state index in [1.165, 1.54) is 36.4 Å². The van der Waals surface area contributed by atoms with Crippen LogP contribution in [0, 0.1) is 5.82 Å². The fraction of sp³-hybridized carbons (Fsp3) is 0.158. The molecule has 0 aliphatic carbocycles. The van der Waals surface area contributed by atoms with E-state index in [1.54, 1.807) is 36.4 Å². The minimum Gasteiger partial charge on any atom is -0.495 e. The second-order valence-corrected chi connectivity index (χ2v) is 5.59. The number of rotatable bonds is 3. The summed E-state index contributed by atoms with van der Waals surface area (Å²) in [4.78, 5) is 25.9. The van der Waals surface area contributed by atoms with Gasteiger partial charge in [-0.2, -0.15) is 0 Å². The Bertz CT molecular complexity index is 818. The number of carbonyl (C=O) groups excluding carboxylic acids is 2. The zero-order valence-corrected chi connectivity index (χ0v) is 13.6. The predicted octanol–water partition coefficient (Wildman–Crippen LogP) is 3.90.